The maximum atomic E-state index is 10.5. The molecule has 3 heteroatoms. The predicted octanol–water partition coefficient (Wildman–Crippen LogP) is 11.2. The van der Waals surface area contributed by atoms with E-state index in [0.717, 1.165) is 11.5 Å². The smallest absolute Gasteiger partial charge is 0.303 e. The van der Waals surface area contributed by atoms with E-state index in [1.807, 2.05) is 32.9 Å². The molecule has 38 heavy (non-hydrogen) atoms. The fraction of sp³-hybridized carbons (Fsp3) is 0.800. The lowest BCUT2D eigenvalue weighted by Gasteiger charge is -2.31. The van der Waals surface area contributed by atoms with E-state index in [-0.39, 0.29) is 17.6 Å². The van der Waals surface area contributed by atoms with E-state index in [9.17, 15) is 9.90 Å². The van der Waals surface area contributed by atoms with Crippen LogP contribution in [-0.4, -0.2) is 16.2 Å². The van der Waals surface area contributed by atoms with Crippen molar-refractivity contribution in [2.24, 2.45) is 11.3 Å². The molecule has 0 saturated heterocycles. The zero-order valence-electron chi connectivity index (χ0n) is 26.6. The van der Waals surface area contributed by atoms with Gasteiger partial charge >= 0.3 is 5.97 Å². The van der Waals surface area contributed by atoms with Crippen LogP contribution in [-0.2, 0) is 16.6 Å². The van der Waals surface area contributed by atoms with Crippen molar-refractivity contribution >= 4 is 5.97 Å². The SMILES string of the molecule is CC(C)(C)c1cccc(CCC(=O)O)c1O.CCCCCCCCCCCCCC(CCCC)C(C)(C)C. The molecule has 1 aromatic rings. The van der Waals surface area contributed by atoms with Gasteiger partial charge < -0.3 is 10.2 Å². The number of carboxylic acids is 1. The fourth-order valence-corrected chi connectivity index (χ4v) is 5.16. The third kappa shape index (κ3) is 17.9. The minimum absolute atomic E-state index is 0.0428. The van der Waals surface area contributed by atoms with Crippen LogP contribution >= 0.6 is 0 Å². The molecule has 0 heterocycles. The third-order valence-electron chi connectivity index (χ3n) is 7.82. The van der Waals surface area contributed by atoms with Gasteiger partial charge in [-0.3, -0.25) is 4.79 Å². The first-order valence-corrected chi connectivity index (χ1v) is 15.9. The number of para-hydroxylation sites is 1. The van der Waals surface area contributed by atoms with Gasteiger partial charge in [0.15, 0.2) is 0 Å². The molecule has 0 aliphatic rings. The van der Waals surface area contributed by atoms with E-state index in [1.165, 1.54) is 96.3 Å². The minimum atomic E-state index is -0.847. The largest absolute Gasteiger partial charge is 0.507 e. The van der Waals surface area contributed by atoms with Gasteiger partial charge in [0.1, 0.15) is 5.75 Å². The van der Waals surface area contributed by atoms with Crippen molar-refractivity contribution in [1.82, 2.24) is 0 Å². The average molecular weight is 533 g/mol. The summed E-state index contributed by atoms with van der Waals surface area (Å²) in [5, 5.41) is 18.7. The van der Waals surface area contributed by atoms with Crippen molar-refractivity contribution in [3.8, 4) is 5.75 Å². The van der Waals surface area contributed by atoms with Crippen molar-refractivity contribution in [2.75, 3.05) is 0 Å². The first kappa shape index (κ1) is 36.5. The molecule has 0 aliphatic carbocycles. The lowest BCUT2D eigenvalue weighted by atomic mass is 9.75. The van der Waals surface area contributed by atoms with Gasteiger partial charge in [-0.05, 0) is 47.1 Å². The summed E-state index contributed by atoms with van der Waals surface area (Å²) in [6, 6.07) is 5.50. The van der Waals surface area contributed by atoms with Crippen LogP contribution in [0.25, 0.3) is 0 Å². The molecule has 0 radical (unpaired) electrons. The van der Waals surface area contributed by atoms with Crippen molar-refractivity contribution in [3.05, 3.63) is 29.3 Å². The van der Waals surface area contributed by atoms with Gasteiger partial charge in [-0.2, -0.15) is 0 Å². The summed E-state index contributed by atoms with van der Waals surface area (Å²) in [7, 11) is 0. The molecule has 1 atom stereocenters. The van der Waals surface area contributed by atoms with Crippen LogP contribution in [0.3, 0.4) is 0 Å². The van der Waals surface area contributed by atoms with Gasteiger partial charge in [0.05, 0.1) is 0 Å². The van der Waals surface area contributed by atoms with E-state index >= 15 is 0 Å². The first-order valence-electron chi connectivity index (χ1n) is 15.9. The highest BCUT2D eigenvalue weighted by Gasteiger charge is 2.23. The second kappa shape index (κ2) is 20.4. The molecule has 0 aliphatic heterocycles. The van der Waals surface area contributed by atoms with Crippen LogP contribution in [0.5, 0.6) is 5.75 Å². The number of phenolic OH excluding ortho intramolecular Hbond substituents is 1. The maximum Gasteiger partial charge on any atom is 0.303 e. The fourth-order valence-electron chi connectivity index (χ4n) is 5.16. The molecule has 0 aromatic heterocycles. The van der Waals surface area contributed by atoms with Crippen molar-refractivity contribution in [2.45, 2.75) is 170 Å². The summed E-state index contributed by atoms with van der Waals surface area (Å²) >= 11 is 0. The molecule has 3 nitrogen and oxygen atoms in total. The number of carbonyl (C=O) groups is 1. The van der Waals surface area contributed by atoms with Gasteiger partial charge in [-0.1, -0.05) is 157 Å². The monoisotopic (exact) mass is 532 g/mol. The van der Waals surface area contributed by atoms with Gasteiger partial charge in [0.25, 0.3) is 0 Å². The van der Waals surface area contributed by atoms with Gasteiger partial charge in [0, 0.05) is 6.42 Å². The van der Waals surface area contributed by atoms with Gasteiger partial charge in [-0.15, -0.1) is 0 Å². The lowest BCUT2D eigenvalue weighted by molar-refractivity contribution is -0.136. The van der Waals surface area contributed by atoms with Crippen LogP contribution < -0.4 is 0 Å². The molecule has 0 spiro atoms. The van der Waals surface area contributed by atoms with Crippen LogP contribution in [0.15, 0.2) is 18.2 Å². The van der Waals surface area contributed by atoms with E-state index in [4.69, 9.17) is 5.11 Å². The minimum Gasteiger partial charge on any atom is -0.507 e. The second-order valence-electron chi connectivity index (χ2n) is 13.5. The van der Waals surface area contributed by atoms with Gasteiger partial charge in [-0.25, -0.2) is 0 Å². The number of hydrogen-bond donors (Lipinski definition) is 2. The second-order valence-corrected chi connectivity index (χ2v) is 13.5. The Morgan fingerprint density at radius 1 is 0.737 bits per heavy atom. The van der Waals surface area contributed by atoms with E-state index < -0.39 is 5.97 Å². The number of unbranched alkanes of at least 4 members (excludes halogenated alkanes) is 11. The number of carboxylic acid groups (broad SMARTS) is 1. The Balaban J connectivity index is 0.000000755. The summed E-state index contributed by atoms with van der Waals surface area (Å²) in [4.78, 5) is 10.5. The Bertz CT molecular complexity index is 724. The number of aryl methyl sites for hydroxylation is 1. The number of phenols is 1. The third-order valence-corrected chi connectivity index (χ3v) is 7.82. The molecule has 0 bridgehead atoms. The van der Waals surface area contributed by atoms with Crippen molar-refractivity contribution in [3.63, 3.8) is 0 Å². The number of aliphatic carboxylic acids is 1. The normalized spacial score (nSPS) is 12.6. The number of rotatable bonds is 18. The highest BCUT2D eigenvalue weighted by Crippen LogP contribution is 2.35. The van der Waals surface area contributed by atoms with E-state index in [2.05, 4.69) is 34.6 Å². The topological polar surface area (TPSA) is 57.5 Å². The predicted molar refractivity (Wildman–Crippen MR) is 166 cm³/mol. The molecule has 1 rings (SSSR count). The highest BCUT2D eigenvalue weighted by atomic mass is 16.4. The number of benzene rings is 1. The zero-order valence-corrected chi connectivity index (χ0v) is 26.6. The lowest BCUT2D eigenvalue weighted by Crippen LogP contribution is -2.20. The summed E-state index contributed by atoms with van der Waals surface area (Å²) in [6.07, 6.45) is 22.1. The van der Waals surface area contributed by atoms with E-state index in [0.29, 0.717) is 17.4 Å². The van der Waals surface area contributed by atoms with Crippen molar-refractivity contribution < 1.29 is 15.0 Å². The molecule has 0 fully saturated rings. The van der Waals surface area contributed by atoms with Crippen LogP contribution in [0, 0.1) is 11.3 Å². The average Bonchev–Trinajstić information content (AvgIpc) is 2.82. The van der Waals surface area contributed by atoms with Crippen LogP contribution in [0.2, 0.25) is 0 Å². The Morgan fingerprint density at radius 3 is 1.66 bits per heavy atom. The Morgan fingerprint density at radius 2 is 1.21 bits per heavy atom. The molecule has 1 unspecified atom stereocenters. The van der Waals surface area contributed by atoms with E-state index in [1.54, 1.807) is 6.07 Å². The Kier molecular flexibility index (Phi) is 19.6. The number of hydrogen-bond acceptors (Lipinski definition) is 2. The summed E-state index contributed by atoms with van der Waals surface area (Å²) in [5.41, 5.74) is 1.93. The van der Waals surface area contributed by atoms with Gasteiger partial charge in [0.2, 0.25) is 0 Å². The molecular formula is C35H64O3. The van der Waals surface area contributed by atoms with Crippen LogP contribution in [0.4, 0.5) is 0 Å². The Hall–Kier alpha value is -1.51. The summed E-state index contributed by atoms with van der Waals surface area (Å²) < 4.78 is 0. The number of aromatic hydroxyl groups is 1. The molecule has 1 aromatic carbocycles. The molecule has 2 N–H and O–H groups in total. The van der Waals surface area contributed by atoms with Crippen LogP contribution in [0.1, 0.15) is 169 Å². The molecular weight excluding hydrogens is 468 g/mol. The molecule has 0 saturated carbocycles. The summed E-state index contributed by atoms with van der Waals surface area (Å²) in [6.45, 7) is 18.0. The quantitative estimate of drug-likeness (QED) is 0.185. The Labute approximate surface area is 237 Å². The zero-order chi connectivity index (χ0) is 29.0. The molecule has 0 amide bonds. The standard InChI is InChI=1S/C22H46.C13H18O3/c1-6-8-10-11-12-13-14-15-16-17-18-20-21(19-9-7-2)22(3,4)5;1-13(2,3)10-6-4-5-9(12(10)16)7-8-11(14)15/h21H,6-20H2,1-5H3;4-6,16H,7-8H2,1-3H3,(H,14,15). The van der Waals surface area contributed by atoms with Crippen molar-refractivity contribution in [1.29, 1.82) is 0 Å². The highest BCUT2D eigenvalue weighted by molar-refractivity contribution is 5.67. The molecule has 222 valence electrons. The first-order chi connectivity index (χ1) is 17.8. The maximum absolute atomic E-state index is 10.5. The summed E-state index contributed by atoms with van der Waals surface area (Å²) in [5.74, 6) is 0.322.